The molecular formula is C25H47N3O4. The van der Waals surface area contributed by atoms with E-state index in [0.29, 0.717) is 31.2 Å². The molecule has 0 aliphatic carbocycles. The average molecular weight is 454 g/mol. The van der Waals surface area contributed by atoms with E-state index in [1.165, 1.54) is 0 Å². The topological polar surface area (TPSA) is 108 Å². The zero-order valence-corrected chi connectivity index (χ0v) is 20.9. The molecule has 1 heterocycles. The first-order valence-corrected chi connectivity index (χ1v) is 12.7. The molecule has 7 heteroatoms. The van der Waals surface area contributed by atoms with Gasteiger partial charge in [-0.15, -0.1) is 0 Å². The van der Waals surface area contributed by atoms with Crippen molar-refractivity contribution in [2.75, 3.05) is 6.54 Å². The number of carbonyl (C=O) groups is 3. The molecule has 0 aromatic rings. The molecule has 6 atom stereocenters. The molecule has 4 N–H and O–H groups in total. The fraction of sp³-hybridized carbons (Fsp3) is 0.880. The van der Waals surface area contributed by atoms with E-state index in [9.17, 15) is 19.5 Å². The van der Waals surface area contributed by atoms with Crippen molar-refractivity contribution in [3.8, 4) is 0 Å². The molecular weight excluding hydrogens is 406 g/mol. The second-order valence-electron chi connectivity index (χ2n) is 10.0. The highest BCUT2D eigenvalue weighted by Crippen LogP contribution is 2.22. The third-order valence-corrected chi connectivity index (χ3v) is 6.60. The molecule has 3 amide bonds. The van der Waals surface area contributed by atoms with E-state index in [2.05, 4.69) is 36.7 Å². The number of aliphatic hydroxyl groups is 1. The Kier molecular flexibility index (Phi) is 13.5. The first-order valence-electron chi connectivity index (χ1n) is 12.7. The number of nitrogens with one attached hydrogen (secondary N) is 3. The van der Waals surface area contributed by atoms with Gasteiger partial charge >= 0.3 is 0 Å². The number of rotatable bonds is 7. The number of hydrogen-bond donors (Lipinski definition) is 4. The summed E-state index contributed by atoms with van der Waals surface area (Å²) in [7, 11) is 0. The highest BCUT2D eigenvalue weighted by molar-refractivity contribution is 5.87. The Balaban J connectivity index is 2.82. The first-order chi connectivity index (χ1) is 15.1. The van der Waals surface area contributed by atoms with Crippen LogP contribution in [0.4, 0.5) is 0 Å². The van der Waals surface area contributed by atoms with Gasteiger partial charge in [-0.2, -0.15) is 0 Å². The van der Waals surface area contributed by atoms with Crippen LogP contribution in [-0.4, -0.2) is 47.6 Å². The SMILES string of the molecule is CCCCNC(=O)C(C)CC(O)[C@@H]1C[C@H](C)CCCC[C@H](C)CCC(=O)N[C@@H](C)C(=O)N1. The van der Waals surface area contributed by atoms with Gasteiger partial charge in [0.25, 0.3) is 0 Å². The normalized spacial score (nSPS) is 28.4. The van der Waals surface area contributed by atoms with Gasteiger partial charge < -0.3 is 21.1 Å². The van der Waals surface area contributed by atoms with Crippen LogP contribution >= 0.6 is 0 Å². The molecule has 1 fully saturated rings. The molecule has 0 aromatic heterocycles. The number of aliphatic hydroxyl groups excluding tert-OH is 1. The predicted octanol–water partition coefficient (Wildman–Crippen LogP) is 3.30. The maximum atomic E-state index is 12.8. The van der Waals surface area contributed by atoms with Gasteiger partial charge in [-0.25, -0.2) is 0 Å². The summed E-state index contributed by atoms with van der Waals surface area (Å²) in [5.41, 5.74) is 0. The zero-order valence-electron chi connectivity index (χ0n) is 20.9. The minimum atomic E-state index is -0.827. The number of unbranched alkanes of at least 4 members (excludes halogenated alkanes) is 1. The molecule has 1 aliphatic rings. The first kappa shape index (κ1) is 28.4. The van der Waals surface area contributed by atoms with Crippen LogP contribution in [0.5, 0.6) is 0 Å². The molecule has 1 rings (SSSR count). The summed E-state index contributed by atoms with van der Waals surface area (Å²) in [6.45, 7) is 10.5. The van der Waals surface area contributed by atoms with Crippen molar-refractivity contribution in [3.63, 3.8) is 0 Å². The summed E-state index contributed by atoms with van der Waals surface area (Å²) in [6.07, 6.45) is 7.65. The summed E-state index contributed by atoms with van der Waals surface area (Å²) in [5.74, 6) is 0.0154. The molecule has 0 spiro atoms. The van der Waals surface area contributed by atoms with Gasteiger partial charge in [-0.1, -0.05) is 59.8 Å². The van der Waals surface area contributed by atoms with Gasteiger partial charge in [0.1, 0.15) is 6.04 Å². The highest BCUT2D eigenvalue weighted by Gasteiger charge is 2.29. The maximum absolute atomic E-state index is 12.8. The Hall–Kier alpha value is -1.63. The Morgan fingerprint density at radius 1 is 1.09 bits per heavy atom. The van der Waals surface area contributed by atoms with E-state index in [-0.39, 0.29) is 30.1 Å². The summed E-state index contributed by atoms with van der Waals surface area (Å²) < 4.78 is 0. The monoisotopic (exact) mass is 453 g/mol. The largest absolute Gasteiger partial charge is 0.391 e. The molecule has 186 valence electrons. The summed E-state index contributed by atoms with van der Waals surface area (Å²) in [5, 5.41) is 19.6. The second-order valence-corrected chi connectivity index (χ2v) is 10.0. The van der Waals surface area contributed by atoms with E-state index < -0.39 is 18.2 Å². The number of hydrogen-bond acceptors (Lipinski definition) is 4. The summed E-state index contributed by atoms with van der Waals surface area (Å²) >= 11 is 0. The highest BCUT2D eigenvalue weighted by atomic mass is 16.3. The van der Waals surface area contributed by atoms with Gasteiger partial charge in [-0.3, -0.25) is 14.4 Å². The fourth-order valence-electron chi connectivity index (χ4n) is 4.25. The summed E-state index contributed by atoms with van der Waals surface area (Å²) in [4.78, 5) is 37.3. The van der Waals surface area contributed by atoms with Crippen LogP contribution in [0.25, 0.3) is 0 Å². The minimum absolute atomic E-state index is 0.0660. The third kappa shape index (κ3) is 11.3. The lowest BCUT2D eigenvalue weighted by Gasteiger charge is -2.29. The van der Waals surface area contributed by atoms with Crippen LogP contribution < -0.4 is 16.0 Å². The lowest BCUT2D eigenvalue weighted by Crippen LogP contribution is -2.52. The van der Waals surface area contributed by atoms with Crippen LogP contribution in [0.1, 0.15) is 98.8 Å². The van der Waals surface area contributed by atoms with Crippen molar-refractivity contribution in [3.05, 3.63) is 0 Å². The molecule has 7 nitrogen and oxygen atoms in total. The minimum Gasteiger partial charge on any atom is -0.391 e. The lowest BCUT2D eigenvalue weighted by atomic mass is 9.89. The molecule has 2 unspecified atom stereocenters. The molecule has 0 aromatic carbocycles. The quantitative estimate of drug-likeness (QED) is 0.444. The summed E-state index contributed by atoms with van der Waals surface area (Å²) in [6, 6.07) is -1.12. The number of amides is 3. The van der Waals surface area contributed by atoms with Gasteiger partial charge in [0, 0.05) is 18.9 Å². The predicted molar refractivity (Wildman–Crippen MR) is 128 cm³/mol. The van der Waals surface area contributed by atoms with E-state index in [0.717, 1.165) is 44.9 Å². The van der Waals surface area contributed by atoms with Gasteiger partial charge in [0.15, 0.2) is 0 Å². The van der Waals surface area contributed by atoms with Crippen molar-refractivity contribution in [2.45, 2.75) is 117 Å². The molecule has 1 saturated heterocycles. The third-order valence-electron chi connectivity index (χ3n) is 6.60. The molecule has 0 bridgehead atoms. The van der Waals surface area contributed by atoms with Crippen LogP contribution in [0.3, 0.4) is 0 Å². The Morgan fingerprint density at radius 2 is 1.75 bits per heavy atom. The van der Waals surface area contributed by atoms with Gasteiger partial charge in [-0.05, 0) is 44.4 Å². The zero-order chi connectivity index (χ0) is 24.1. The molecule has 0 radical (unpaired) electrons. The maximum Gasteiger partial charge on any atom is 0.242 e. The Labute approximate surface area is 194 Å². The van der Waals surface area contributed by atoms with Crippen molar-refractivity contribution in [1.29, 1.82) is 0 Å². The Morgan fingerprint density at radius 3 is 2.41 bits per heavy atom. The Bertz CT molecular complexity index is 584. The average Bonchev–Trinajstić information content (AvgIpc) is 2.74. The smallest absolute Gasteiger partial charge is 0.242 e. The molecule has 32 heavy (non-hydrogen) atoms. The fourth-order valence-corrected chi connectivity index (χ4v) is 4.25. The van der Waals surface area contributed by atoms with Crippen molar-refractivity contribution in [2.24, 2.45) is 17.8 Å². The molecule has 0 saturated carbocycles. The van der Waals surface area contributed by atoms with E-state index in [1.807, 2.05) is 6.92 Å². The van der Waals surface area contributed by atoms with Gasteiger partial charge in [0.05, 0.1) is 12.1 Å². The van der Waals surface area contributed by atoms with Gasteiger partial charge in [0.2, 0.25) is 17.7 Å². The van der Waals surface area contributed by atoms with Crippen molar-refractivity contribution >= 4 is 17.7 Å². The van der Waals surface area contributed by atoms with E-state index >= 15 is 0 Å². The molecule has 1 aliphatic heterocycles. The van der Waals surface area contributed by atoms with E-state index in [1.54, 1.807) is 6.92 Å². The van der Waals surface area contributed by atoms with Crippen molar-refractivity contribution in [1.82, 2.24) is 16.0 Å². The van der Waals surface area contributed by atoms with Crippen LogP contribution in [0, 0.1) is 17.8 Å². The lowest BCUT2D eigenvalue weighted by molar-refractivity contribution is -0.130. The number of carbonyl (C=O) groups excluding carboxylic acids is 3. The second kappa shape index (κ2) is 15.3. The van der Waals surface area contributed by atoms with E-state index in [4.69, 9.17) is 0 Å². The van der Waals surface area contributed by atoms with Crippen LogP contribution in [-0.2, 0) is 14.4 Å². The van der Waals surface area contributed by atoms with Crippen LogP contribution in [0.15, 0.2) is 0 Å². The standard InChI is InChI=1S/C25H47N3O4/c1-6-7-14-26-24(31)19(4)16-22(29)21-15-18(3)11-9-8-10-17(2)12-13-23(30)27-20(5)25(32)28-21/h17-22,29H,6-16H2,1-5H3,(H,26,31)(H,27,30)(H,28,32)/t17-,18+,19?,20-,21-,22?/m0/s1. The van der Waals surface area contributed by atoms with Crippen molar-refractivity contribution < 1.29 is 19.5 Å². The van der Waals surface area contributed by atoms with Crippen LogP contribution in [0.2, 0.25) is 0 Å².